The summed E-state index contributed by atoms with van der Waals surface area (Å²) < 4.78 is 4.69. The van der Waals surface area contributed by atoms with Crippen molar-refractivity contribution >= 4 is 24.6 Å². The monoisotopic (exact) mass is 318 g/mol. The largest absolute Gasteiger partial charge is 0.463 e. The first-order chi connectivity index (χ1) is 11.1. The minimum absolute atomic E-state index is 0.0913. The lowest BCUT2D eigenvalue weighted by molar-refractivity contribution is -0.130. The van der Waals surface area contributed by atoms with Gasteiger partial charge in [-0.3, -0.25) is 14.4 Å². The fourth-order valence-electron chi connectivity index (χ4n) is 2.66. The normalized spacial score (nSPS) is 14.1. The Hall–Kier alpha value is -2.70. The fourth-order valence-corrected chi connectivity index (χ4v) is 2.66. The van der Waals surface area contributed by atoms with E-state index in [0.29, 0.717) is 24.1 Å². The van der Waals surface area contributed by atoms with Crippen LogP contribution in [0.3, 0.4) is 0 Å². The first-order valence-corrected chi connectivity index (χ1v) is 7.25. The highest BCUT2D eigenvalue weighted by Gasteiger charge is 2.35. The van der Waals surface area contributed by atoms with E-state index in [4.69, 9.17) is 0 Å². The molecule has 7 heteroatoms. The molecule has 0 bridgehead atoms. The van der Waals surface area contributed by atoms with Crippen LogP contribution in [0.4, 0.5) is 0 Å². The van der Waals surface area contributed by atoms with Crippen LogP contribution in [0.5, 0.6) is 0 Å². The first-order valence-electron chi connectivity index (χ1n) is 7.25. The molecule has 1 N–H and O–H groups in total. The van der Waals surface area contributed by atoms with Crippen molar-refractivity contribution in [1.82, 2.24) is 10.2 Å². The summed E-state index contributed by atoms with van der Waals surface area (Å²) >= 11 is 0. The predicted octanol–water partition coefficient (Wildman–Crippen LogP) is 0.409. The van der Waals surface area contributed by atoms with Crippen molar-refractivity contribution in [3.05, 3.63) is 34.9 Å². The Morgan fingerprint density at radius 3 is 2.87 bits per heavy atom. The number of hydrogen-bond donors (Lipinski definition) is 1. The maximum absolute atomic E-state index is 12.6. The number of fused-ring (bicyclic) bond motifs is 1. The van der Waals surface area contributed by atoms with Crippen molar-refractivity contribution in [1.29, 1.82) is 0 Å². The van der Waals surface area contributed by atoms with E-state index in [1.165, 1.54) is 11.9 Å². The van der Waals surface area contributed by atoms with Gasteiger partial charge in [-0.05, 0) is 23.6 Å². The maximum Gasteiger partial charge on any atom is 0.293 e. The van der Waals surface area contributed by atoms with E-state index in [0.717, 1.165) is 11.8 Å². The molecule has 1 unspecified atom stereocenters. The highest BCUT2D eigenvalue weighted by atomic mass is 16.5. The summed E-state index contributed by atoms with van der Waals surface area (Å²) in [4.78, 5) is 47.0. The van der Waals surface area contributed by atoms with Crippen molar-refractivity contribution in [3.8, 4) is 0 Å². The van der Waals surface area contributed by atoms with E-state index in [1.807, 2.05) is 0 Å². The first kappa shape index (κ1) is 16.7. The summed E-state index contributed by atoms with van der Waals surface area (Å²) in [5.41, 5.74) is 2.01. The van der Waals surface area contributed by atoms with Gasteiger partial charge in [0, 0.05) is 25.6 Å². The number of aldehydes is 1. The summed E-state index contributed by atoms with van der Waals surface area (Å²) in [6, 6.07) is 4.55. The minimum atomic E-state index is -0.681. The average Bonchev–Trinajstić information content (AvgIpc) is 2.89. The number of likely N-dealkylation sites (N-methyl/N-ethyl adjacent to an activating group) is 1. The molecule has 0 aromatic heterocycles. The van der Waals surface area contributed by atoms with Crippen molar-refractivity contribution < 1.29 is 23.9 Å². The summed E-state index contributed by atoms with van der Waals surface area (Å²) in [6.07, 6.45) is 1.22. The molecule has 0 fully saturated rings. The minimum Gasteiger partial charge on any atom is -0.463 e. The maximum atomic E-state index is 12.6. The second kappa shape index (κ2) is 7.53. The van der Waals surface area contributed by atoms with Crippen LogP contribution in [0.15, 0.2) is 18.2 Å². The number of ether oxygens (including phenoxy) is 1. The molecular weight excluding hydrogens is 300 g/mol. The molecule has 23 heavy (non-hydrogen) atoms. The fraction of sp³-hybridized carbons (Fsp3) is 0.375. The smallest absolute Gasteiger partial charge is 0.293 e. The molecule has 7 nitrogen and oxygen atoms in total. The van der Waals surface area contributed by atoms with Gasteiger partial charge in [-0.15, -0.1) is 0 Å². The van der Waals surface area contributed by atoms with Crippen LogP contribution in [0.1, 0.15) is 34.3 Å². The predicted molar refractivity (Wildman–Crippen MR) is 80.3 cm³/mol. The van der Waals surface area contributed by atoms with Gasteiger partial charge in [0.05, 0.1) is 0 Å². The summed E-state index contributed by atoms with van der Waals surface area (Å²) in [7, 11) is 1.50. The SMILES string of the molecule is CNC(=O)C(CCC=O)N1Cc2ccc(COC=O)cc2C1=O. The number of carbonyl (C=O) groups excluding carboxylic acids is 4. The molecule has 1 aliphatic rings. The van der Waals surface area contributed by atoms with Gasteiger partial charge in [0.15, 0.2) is 0 Å². The van der Waals surface area contributed by atoms with E-state index < -0.39 is 6.04 Å². The number of nitrogens with one attached hydrogen (secondary N) is 1. The van der Waals surface area contributed by atoms with Crippen LogP contribution in [-0.2, 0) is 32.3 Å². The van der Waals surface area contributed by atoms with Gasteiger partial charge in [-0.1, -0.05) is 12.1 Å². The second-order valence-corrected chi connectivity index (χ2v) is 5.21. The van der Waals surface area contributed by atoms with E-state index in [1.54, 1.807) is 18.2 Å². The number of amides is 2. The molecule has 1 heterocycles. The van der Waals surface area contributed by atoms with E-state index in [-0.39, 0.29) is 31.3 Å². The Morgan fingerprint density at radius 1 is 1.43 bits per heavy atom. The Balaban J connectivity index is 2.22. The zero-order valence-electron chi connectivity index (χ0n) is 12.8. The number of carbonyl (C=O) groups is 4. The van der Waals surface area contributed by atoms with Gasteiger partial charge >= 0.3 is 0 Å². The van der Waals surface area contributed by atoms with Gasteiger partial charge in [0.25, 0.3) is 12.4 Å². The van der Waals surface area contributed by atoms with Gasteiger partial charge in [0.2, 0.25) is 5.91 Å². The lowest BCUT2D eigenvalue weighted by Gasteiger charge is -2.25. The molecule has 2 rings (SSSR count). The van der Waals surface area contributed by atoms with Gasteiger partial charge in [0.1, 0.15) is 18.9 Å². The Morgan fingerprint density at radius 2 is 2.22 bits per heavy atom. The van der Waals surface area contributed by atoms with E-state index >= 15 is 0 Å². The van der Waals surface area contributed by atoms with Crippen molar-refractivity contribution in [2.45, 2.75) is 32.0 Å². The van der Waals surface area contributed by atoms with Crippen LogP contribution in [0.25, 0.3) is 0 Å². The quantitative estimate of drug-likeness (QED) is 0.701. The number of hydrogen-bond acceptors (Lipinski definition) is 5. The molecule has 1 aromatic carbocycles. The van der Waals surface area contributed by atoms with Crippen molar-refractivity contribution in [3.63, 3.8) is 0 Å². The van der Waals surface area contributed by atoms with Crippen LogP contribution in [0.2, 0.25) is 0 Å². The summed E-state index contributed by atoms with van der Waals surface area (Å²) in [6.45, 7) is 0.760. The number of rotatable bonds is 8. The zero-order valence-corrected chi connectivity index (χ0v) is 12.8. The lowest BCUT2D eigenvalue weighted by atomic mass is 10.1. The van der Waals surface area contributed by atoms with Crippen LogP contribution < -0.4 is 5.32 Å². The molecular formula is C16H18N2O5. The van der Waals surface area contributed by atoms with Gasteiger partial charge in [-0.25, -0.2) is 0 Å². The van der Waals surface area contributed by atoms with Crippen molar-refractivity contribution in [2.24, 2.45) is 0 Å². The molecule has 0 radical (unpaired) electrons. The Labute approximate surface area is 133 Å². The van der Waals surface area contributed by atoms with Crippen LogP contribution in [0, 0.1) is 0 Å². The molecule has 0 spiro atoms. The standard InChI is InChI=1S/C16H18N2O5/c1-17-15(21)14(3-2-6-19)18-8-12-5-4-11(9-23-10-20)7-13(12)16(18)22/h4-7,10,14H,2-3,8-9H2,1H3,(H,17,21). The van der Waals surface area contributed by atoms with Crippen LogP contribution in [-0.4, -0.2) is 42.6 Å². The molecule has 1 atom stereocenters. The highest BCUT2D eigenvalue weighted by Crippen LogP contribution is 2.27. The van der Waals surface area contributed by atoms with E-state index in [9.17, 15) is 19.2 Å². The third kappa shape index (κ3) is 3.56. The molecule has 2 amide bonds. The van der Waals surface area contributed by atoms with Gasteiger partial charge < -0.3 is 19.7 Å². The third-order valence-corrected chi connectivity index (χ3v) is 3.81. The Bertz CT molecular complexity index is 629. The molecule has 0 saturated heterocycles. The topological polar surface area (TPSA) is 92.8 Å². The lowest BCUT2D eigenvalue weighted by Crippen LogP contribution is -2.46. The van der Waals surface area contributed by atoms with Crippen LogP contribution >= 0.6 is 0 Å². The third-order valence-electron chi connectivity index (χ3n) is 3.81. The summed E-state index contributed by atoms with van der Waals surface area (Å²) in [5, 5.41) is 2.53. The second-order valence-electron chi connectivity index (χ2n) is 5.21. The molecule has 1 aliphatic heterocycles. The molecule has 122 valence electrons. The van der Waals surface area contributed by atoms with Gasteiger partial charge in [-0.2, -0.15) is 0 Å². The average molecular weight is 318 g/mol. The molecule has 1 aromatic rings. The Kier molecular flexibility index (Phi) is 5.46. The zero-order chi connectivity index (χ0) is 16.8. The molecule has 0 saturated carbocycles. The molecule has 0 aliphatic carbocycles. The number of nitrogens with zero attached hydrogens (tertiary/aromatic N) is 1. The number of benzene rings is 1. The highest BCUT2D eigenvalue weighted by molar-refractivity contribution is 6.01. The summed E-state index contributed by atoms with van der Waals surface area (Å²) in [5.74, 6) is -0.551. The van der Waals surface area contributed by atoms with E-state index in [2.05, 4.69) is 10.1 Å². The van der Waals surface area contributed by atoms with Crippen molar-refractivity contribution in [2.75, 3.05) is 7.05 Å².